The molecule has 0 spiro atoms. The molecule has 5 heteroatoms. The summed E-state index contributed by atoms with van der Waals surface area (Å²) in [5.74, 6) is -1.14. The van der Waals surface area contributed by atoms with Crippen molar-refractivity contribution in [2.45, 2.75) is 19.9 Å². The number of hydrogen-bond donors (Lipinski definition) is 2. The lowest BCUT2D eigenvalue weighted by Gasteiger charge is -2.25. The van der Waals surface area contributed by atoms with Crippen LogP contribution in [0.4, 0.5) is 10.1 Å². The van der Waals surface area contributed by atoms with Crippen LogP contribution in [0.2, 0.25) is 0 Å². The lowest BCUT2D eigenvalue weighted by Crippen LogP contribution is -2.27. The van der Waals surface area contributed by atoms with Gasteiger partial charge in [0.2, 0.25) is 0 Å². The van der Waals surface area contributed by atoms with Crippen molar-refractivity contribution in [2.75, 3.05) is 11.9 Å². The van der Waals surface area contributed by atoms with E-state index in [0.29, 0.717) is 5.69 Å². The van der Waals surface area contributed by atoms with Crippen LogP contribution in [0, 0.1) is 11.7 Å². The molecule has 23 heavy (non-hydrogen) atoms. The predicted molar refractivity (Wildman–Crippen MR) is 86.7 cm³/mol. The Labute approximate surface area is 134 Å². The molecule has 2 aromatic carbocycles. The van der Waals surface area contributed by atoms with E-state index < -0.39 is 12.0 Å². The van der Waals surface area contributed by atoms with Gasteiger partial charge in [-0.25, -0.2) is 4.39 Å². The van der Waals surface area contributed by atoms with E-state index in [-0.39, 0.29) is 24.1 Å². The maximum absolute atomic E-state index is 13.2. The van der Waals surface area contributed by atoms with Crippen LogP contribution < -0.4 is 5.32 Å². The number of esters is 1. The van der Waals surface area contributed by atoms with Crippen molar-refractivity contribution in [1.29, 1.82) is 0 Å². The summed E-state index contributed by atoms with van der Waals surface area (Å²) >= 11 is 0. The Morgan fingerprint density at radius 1 is 1.22 bits per heavy atom. The molecule has 0 aromatic heterocycles. The number of carbonyl (C=O) groups is 1. The van der Waals surface area contributed by atoms with E-state index in [2.05, 4.69) is 5.32 Å². The minimum absolute atomic E-state index is 0.0793. The summed E-state index contributed by atoms with van der Waals surface area (Å²) in [4.78, 5) is 12.1. The highest BCUT2D eigenvalue weighted by atomic mass is 19.1. The van der Waals surface area contributed by atoms with Crippen LogP contribution in [0.25, 0.3) is 0 Å². The number of anilines is 1. The molecular weight excluding hydrogens is 297 g/mol. The molecule has 2 aromatic rings. The third-order valence-electron chi connectivity index (χ3n) is 3.60. The van der Waals surface area contributed by atoms with E-state index in [9.17, 15) is 14.3 Å². The van der Waals surface area contributed by atoms with Crippen molar-refractivity contribution in [3.8, 4) is 5.75 Å². The maximum atomic E-state index is 13.2. The molecule has 2 atom stereocenters. The highest BCUT2D eigenvalue weighted by molar-refractivity contribution is 5.74. The quantitative estimate of drug-likeness (QED) is 0.627. The summed E-state index contributed by atoms with van der Waals surface area (Å²) < 4.78 is 18.3. The average Bonchev–Trinajstić information content (AvgIpc) is 2.55. The molecule has 0 aliphatic rings. The number of aromatic hydroxyl groups is 1. The molecule has 0 saturated heterocycles. The molecule has 0 bridgehead atoms. The van der Waals surface area contributed by atoms with Gasteiger partial charge in [-0.3, -0.25) is 4.79 Å². The van der Waals surface area contributed by atoms with Crippen LogP contribution in [-0.4, -0.2) is 17.7 Å². The molecule has 0 amide bonds. The van der Waals surface area contributed by atoms with Gasteiger partial charge < -0.3 is 15.2 Å². The van der Waals surface area contributed by atoms with Gasteiger partial charge >= 0.3 is 5.97 Å². The summed E-state index contributed by atoms with van der Waals surface area (Å²) in [5.41, 5.74) is 1.23. The van der Waals surface area contributed by atoms with Crippen molar-refractivity contribution in [3.63, 3.8) is 0 Å². The lowest BCUT2D eigenvalue weighted by atomic mass is 9.94. The summed E-state index contributed by atoms with van der Waals surface area (Å²) in [7, 11) is 0. The number of benzene rings is 2. The fraction of sp³-hybridized carbons (Fsp3) is 0.278. The highest BCUT2D eigenvalue weighted by Gasteiger charge is 2.27. The SMILES string of the molecule is CCOC(=O)[C@@H](C)[C@H](Nc1ccccc1O)c1ccc(F)cc1. The summed E-state index contributed by atoms with van der Waals surface area (Å²) in [6.45, 7) is 3.77. The average molecular weight is 317 g/mol. The first kappa shape index (κ1) is 16.8. The lowest BCUT2D eigenvalue weighted by molar-refractivity contribution is -0.147. The number of hydrogen-bond acceptors (Lipinski definition) is 4. The van der Waals surface area contributed by atoms with Crippen LogP contribution in [0.15, 0.2) is 48.5 Å². The number of nitrogens with one attached hydrogen (secondary N) is 1. The minimum Gasteiger partial charge on any atom is -0.506 e. The van der Waals surface area contributed by atoms with E-state index >= 15 is 0 Å². The molecule has 2 N–H and O–H groups in total. The monoisotopic (exact) mass is 317 g/mol. The topological polar surface area (TPSA) is 58.6 Å². The van der Waals surface area contributed by atoms with Crippen molar-refractivity contribution < 1.29 is 19.0 Å². The third kappa shape index (κ3) is 4.22. The zero-order chi connectivity index (χ0) is 16.8. The largest absolute Gasteiger partial charge is 0.506 e. The van der Waals surface area contributed by atoms with Gasteiger partial charge in [-0.2, -0.15) is 0 Å². The Morgan fingerprint density at radius 3 is 2.48 bits per heavy atom. The molecule has 0 radical (unpaired) electrons. The van der Waals surface area contributed by atoms with Gasteiger partial charge in [-0.1, -0.05) is 24.3 Å². The van der Waals surface area contributed by atoms with E-state index in [1.54, 1.807) is 50.2 Å². The number of rotatable bonds is 6. The van der Waals surface area contributed by atoms with Crippen LogP contribution in [0.3, 0.4) is 0 Å². The van der Waals surface area contributed by atoms with Crippen LogP contribution in [-0.2, 0) is 9.53 Å². The van der Waals surface area contributed by atoms with Gasteiger partial charge in [-0.15, -0.1) is 0 Å². The first-order valence-electron chi connectivity index (χ1n) is 7.49. The highest BCUT2D eigenvalue weighted by Crippen LogP contribution is 2.31. The van der Waals surface area contributed by atoms with Crippen molar-refractivity contribution in [3.05, 3.63) is 59.9 Å². The zero-order valence-corrected chi connectivity index (χ0v) is 13.1. The van der Waals surface area contributed by atoms with Gasteiger partial charge in [0.25, 0.3) is 0 Å². The van der Waals surface area contributed by atoms with Gasteiger partial charge in [0, 0.05) is 0 Å². The number of phenols is 1. The smallest absolute Gasteiger partial charge is 0.311 e. The summed E-state index contributed by atoms with van der Waals surface area (Å²) in [6, 6.07) is 12.2. The van der Waals surface area contributed by atoms with Gasteiger partial charge in [0.15, 0.2) is 0 Å². The van der Waals surface area contributed by atoms with E-state index in [4.69, 9.17) is 4.74 Å². The van der Waals surface area contributed by atoms with Gasteiger partial charge in [0.1, 0.15) is 11.6 Å². The molecule has 0 saturated carbocycles. The second-order valence-corrected chi connectivity index (χ2v) is 5.23. The first-order valence-corrected chi connectivity index (χ1v) is 7.49. The fourth-order valence-corrected chi connectivity index (χ4v) is 2.34. The Morgan fingerprint density at radius 2 is 1.87 bits per heavy atom. The second-order valence-electron chi connectivity index (χ2n) is 5.23. The maximum Gasteiger partial charge on any atom is 0.311 e. The summed E-state index contributed by atoms with van der Waals surface area (Å²) in [5, 5.41) is 13.1. The molecule has 0 aliphatic carbocycles. The van der Waals surface area contributed by atoms with Crippen LogP contribution in [0.5, 0.6) is 5.75 Å². The molecule has 0 unspecified atom stereocenters. The number of halogens is 1. The first-order chi connectivity index (χ1) is 11.0. The predicted octanol–water partition coefficient (Wildman–Crippen LogP) is 3.88. The molecule has 122 valence electrons. The van der Waals surface area contributed by atoms with E-state index in [1.807, 2.05) is 0 Å². The summed E-state index contributed by atoms with van der Waals surface area (Å²) in [6.07, 6.45) is 0. The Hall–Kier alpha value is -2.56. The number of para-hydroxylation sites is 2. The van der Waals surface area contributed by atoms with Crippen molar-refractivity contribution in [1.82, 2.24) is 0 Å². The third-order valence-corrected chi connectivity index (χ3v) is 3.60. The minimum atomic E-state index is -0.514. The number of phenolic OH excluding ortho intramolecular Hbond substituents is 1. The standard InChI is InChI=1S/C18H20FNO3/c1-3-23-18(22)12(2)17(13-8-10-14(19)11-9-13)20-15-6-4-5-7-16(15)21/h4-12,17,20-21H,3H2,1-2H3/t12-,17-/m0/s1. The number of ether oxygens (including phenoxy) is 1. The molecule has 0 fully saturated rings. The van der Waals surface area contributed by atoms with Crippen LogP contribution in [0.1, 0.15) is 25.5 Å². The fourth-order valence-electron chi connectivity index (χ4n) is 2.34. The molecule has 2 rings (SSSR count). The molecule has 0 aliphatic heterocycles. The number of carbonyl (C=O) groups excluding carboxylic acids is 1. The molecule has 4 nitrogen and oxygen atoms in total. The van der Waals surface area contributed by atoms with Gasteiger partial charge in [-0.05, 0) is 43.7 Å². The van der Waals surface area contributed by atoms with Crippen molar-refractivity contribution in [2.24, 2.45) is 5.92 Å². The molecular formula is C18H20FNO3. The Bertz CT molecular complexity index is 658. The van der Waals surface area contributed by atoms with Gasteiger partial charge in [0.05, 0.1) is 24.3 Å². The zero-order valence-electron chi connectivity index (χ0n) is 13.1. The van der Waals surface area contributed by atoms with Crippen molar-refractivity contribution >= 4 is 11.7 Å². The Balaban J connectivity index is 2.32. The Kier molecular flexibility index (Phi) is 5.57. The van der Waals surface area contributed by atoms with E-state index in [0.717, 1.165) is 5.56 Å². The second kappa shape index (κ2) is 7.63. The van der Waals surface area contributed by atoms with Crippen LogP contribution >= 0.6 is 0 Å². The van der Waals surface area contributed by atoms with E-state index in [1.165, 1.54) is 12.1 Å². The molecule has 0 heterocycles. The normalized spacial score (nSPS) is 13.2.